The van der Waals surface area contributed by atoms with Crippen molar-refractivity contribution in [1.29, 1.82) is 0 Å². The number of fused-ring (bicyclic) bond motifs is 2. The Bertz CT molecular complexity index is 457. The minimum atomic E-state index is -0.368. The van der Waals surface area contributed by atoms with Gasteiger partial charge in [0.1, 0.15) is 5.82 Å². The lowest BCUT2D eigenvalue weighted by molar-refractivity contribution is 0.0923. The summed E-state index contributed by atoms with van der Waals surface area (Å²) in [5.41, 5.74) is 0.404. The number of halogens is 2. The standard InChI is InChI=1S/C14H17FN2O.ClH/c15-10-3-1-2-9(6-10)14(18)17-13-7-11-4-5-12(8-13)16-11;/h1-3,6,11-13,16H,4-5,7-8H2,(H,17,18);1H. The van der Waals surface area contributed by atoms with Crippen molar-refractivity contribution < 1.29 is 9.18 Å². The van der Waals surface area contributed by atoms with E-state index in [9.17, 15) is 9.18 Å². The number of nitrogens with one attached hydrogen (secondary N) is 2. The third-order valence-corrected chi connectivity index (χ3v) is 3.90. The van der Waals surface area contributed by atoms with Crippen molar-refractivity contribution in [3.05, 3.63) is 35.6 Å². The van der Waals surface area contributed by atoms with Gasteiger partial charge in [-0.05, 0) is 43.9 Å². The van der Waals surface area contributed by atoms with Crippen LogP contribution in [0.25, 0.3) is 0 Å². The Labute approximate surface area is 118 Å². The number of carbonyl (C=O) groups is 1. The fraction of sp³-hybridized carbons (Fsp3) is 0.500. The lowest BCUT2D eigenvalue weighted by atomic mass is 9.99. The molecule has 0 aromatic heterocycles. The van der Waals surface area contributed by atoms with Crippen molar-refractivity contribution >= 4 is 18.3 Å². The van der Waals surface area contributed by atoms with Crippen LogP contribution < -0.4 is 10.6 Å². The molecule has 2 unspecified atom stereocenters. The minimum Gasteiger partial charge on any atom is -0.349 e. The maximum Gasteiger partial charge on any atom is 0.251 e. The Morgan fingerprint density at radius 3 is 2.58 bits per heavy atom. The van der Waals surface area contributed by atoms with Gasteiger partial charge in [-0.1, -0.05) is 6.07 Å². The molecule has 2 fully saturated rings. The highest BCUT2D eigenvalue weighted by atomic mass is 35.5. The van der Waals surface area contributed by atoms with Crippen molar-refractivity contribution in [3.8, 4) is 0 Å². The number of amides is 1. The van der Waals surface area contributed by atoms with Crippen LogP contribution in [0.1, 0.15) is 36.0 Å². The van der Waals surface area contributed by atoms with Crippen molar-refractivity contribution in [3.63, 3.8) is 0 Å². The van der Waals surface area contributed by atoms with E-state index in [1.807, 2.05) is 0 Å². The molecule has 19 heavy (non-hydrogen) atoms. The molecule has 2 aliphatic heterocycles. The second kappa shape index (κ2) is 5.88. The minimum absolute atomic E-state index is 0. The number of carbonyl (C=O) groups excluding carboxylic acids is 1. The van der Waals surface area contributed by atoms with Gasteiger partial charge in [0.05, 0.1) is 0 Å². The van der Waals surface area contributed by atoms with E-state index in [0.717, 1.165) is 12.8 Å². The Hall–Kier alpha value is -1.13. The summed E-state index contributed by atoms with van der Waals surface area (Å²) >= 11 is 0. The third kappa shape index (κ3) is 3.25. The zero-order chi connectivity index (χ0) is 12.5. The van der Waals surface area contributed by atoms with Gasteiger partial charge in [-0.25, -0.2) is 4.39 Å². The van der Waals surface area contributed by atoms with Gasteiger partial charge in [0.15, 0.2) is 0 Å². The van der Waals surface area contributed by atoms with Crippen LogP contribution >= 0.6 is 12.4 Å². The van der Waals surface area contributed by atoms with Crippen LogP contribution in [0.4, 0.5) is 4.39 Å². The second-order valence-corrected chi connectivity index (χ2v) is 5.29. The molecule has 3 nitrogen and oxygen atoms in total. The van der Waals surface area contributed by atoms with Gasteiger partial charge in [0.25, 0.3) is 5.91 Å². The molecule has 2 saturated heterocycles. The summed E-state index contributed by atoms with van der Waals surface area (Å²) in [5.74, 6) is -0.533. The molecule has 3 rings (SSSR count). The van der Waals surface area contributed by atoms with Crippen LogP contribution in [0.2, 0.25) is 0 Å². The van der Waals surface area contributed by atoms with Gasteiger partial charge in [-0.3, -0.25) is 4.79 Å². The highest BCUT2D eigenvalue weighted by Gasteiger charge is 2.34. The van der Waals surface area contributed by atoms with Crippen LogP contribution in [0.5, 0.6) is 0 Å². The van der Waals surface area contributed by atoms with E-state index >= 15 is 0 Å². The zero-order valence-electron chi connectivity index (χ0n) is 10.6. The second-order valence-electron chi connectivity index (χ2n) is 5.29. The number of hydrogen-bond donors (Lipinski definition) is 2. The first kappa shape index (κ1) is 14.3. The van der Waals surface area contributed by atoms with E-state index < -0.39 is 0 Å². The lowest BCUT2D eigenvalue weighted by Gasteiger charge is -2.29. The largest absolute Gasteiger partial charge is 0.349 e. The number of hydrogen-bond acceptors (Lipinski definition) is 2. The Kier molecular flexibility index (Phi) is 4.42. The molecule has 1 aromatic carbocycles. The lowest BCUT2D eigenvalue weighted by Crippen LogP contribution is -2.48. The molecule has 2 bridgehead atoms. The average molecular weight is 285 g/mol. The van der Waals surface area contributed by atoms with Gasteiger partial charge >= 0.3 is 0 Å². The summed E-state index contributed by atoms with van der Waals surface area (Å²) in [6.07, 6.45) is 4.38. The smallest absolute Gasteiger partial charge is 0.251 e. The zero-order valence-corrected chi connectivity index (χ0v) is 11.4. The van der Waals surface area contributed by atoms with Crippen molar-refractivity contribution in [2.75, 3.05) is 0 Å². The highest BCUT2D eigenvalue weighted by molar-refractivity contribution is 5.94. The molecule has 2 heterocycles. The Morgan fingerprint density at radius 1 is 1.26 bits per heavy atom. The van der Waals surface area contributed by atoms with E-state index in [-0.39, 0.29) is 30.2 Å². The van der Waals surface area contributed by atoms with E-state index in [4.69, 9.17) is 0 Å². The maximum atomic E-state index is 13.1. The van der Waals surface area contributed by atoms with Crippen LogP contribution in [0, 0.1) is 5.82 Å². The van der Waals surface area contributed by atoms with Crippen LogP contribution in [0.3, 0.4) is 0 Å². The number of piperidine rings is 1. The van der Waals surface area contributed by atoms with Gasteiger partial charge in [-0.2, -0.15) is 0 Å². The molecule has 5 heteroatoms. The highest BCUT2D eigenvalue weighted by Crippen LogP contribution is 2.26. The fourth-order valence-corrected chi connectivity index (χ4v) is 3.07. The van der Waals surface area contributed by atoms with E-state index in [1.165, 1.54) is 25.0 Å². The summed E-state index contributed by atoms with van der Waals surface area (Å²) in [4.78, 5) is 12.0. The molecule has 104 valence electrons. The first-order chi connectivity index (χ1) is 8.70. The molecular formula is C14H18ClFN2O. The normalized spacial score (nSPS) is 28.6. The first-order valence-corrected chi connectivity index (χ1v) is 6.53. The average Bonchev–Trinajstić information content (AvgIpc) is 2.69. The summed E-state index contributed by atoms with van der Waals surface area (Å²) < 4.78 is 13.1. The molecule has 1 amide bonds. The van der Waals surface area contributed by atoms with Crippen molar-refractivity contribution in [1.82, 2.24) is 10.6 Å². The first-order valence-electron chi connectivity index (χ1n) is 6.53. The van der Waals surface area contributed by atoms with Crippen LogP contribution in [-0.2, 0) is 0 Å². The monoisotopic (exact) mass is 284 g/mol. The summed E-state index contributed by atoms with van der Waals surface area (Å²) in [7, 11) is 0. The summed E-state index contributed by atoms with van der Waals surface area (Å²) in [6.45, 7) is 0. The summed E-state index contributed by atoms with van der Waals surface area (Å²) in [6, 6.07) is 7.15. The van der Waals surface area contributed by atoms with Crippen LogP contribution in [-0.4, -0.2) is 24.0 Å². The predicted octanol–water partition coefficient (Wildman–Crippen LogP) is 2.26. The fourth-order valence-electron chi connectivity index (χ4n) is 3.07. The third-order valence-electron chi connectivity index (χ3n) is 3.90. The summed E-state index contributed by atoms with van der Waals surface area (Å²) in [5, 5.41) is 6.55. The molecular weight excluding hydrogens is 267 g/mol. The number of rotatable bonds is 2. The molecule has 0 aliphatic carbocycles. The van der Waals surface area contributed by atoms with Gasteiger partial charge < -0.3 is 10.6 Å². The molecule has 2 N–H and O–H groups in total. The molecule has 1 aromatic rings. The van der Waals surface area contributed by atoms with Gasteiger partial charge in [-0.15, -0.1) is 12.4 Å². The Balaban J connectivity index is 0.00000133. The van der Waals surface area contributed by atoms with Gasteiger partial charge in [0, 0.05) is 23.7 Å². The van der Waals surface area contributed by atoms with Crippen LogP contribution in [0.15, 0.2) is 24.3 Å². The van der Waals surface area contributed by atoms with Crippen molar-refractivity contribution in [2.45, 2.75) is 43.8 Å². The van der Waals surface area contributed by atoms with E-state index in [0.29, 0.717) is 17.6 Å². The molecule has 0 radical (unpaired) electrons. The maximum absolute atomic E-state index is 13.1. The molecule has 2 aliphatic rings. The molecule has 2 atom stereocenters. The predicted molar refractivity (Wildman–Crippen MR) is 74.1 cm³/mol. The number of benzene rings is 1. The molecule has 0 spiro atoms. The van der Waals surface area contributed by atoms with E-state index in [2.05, 4.69) is 10.6 Å². The Morgan fingerprint density at radius 2 is 1.95 bits per heavy atom. The van der Waals surface area contributed by atoms with E-state index in [1.54, 1.807) is 12.1 Å². The SMILES string of the molecule is Cl.O=C(NC1CC2CCC(C1)N2)c1cccc(F)c1. The van der Waals surface area contributed by atoms with Crippen molar-refractivity contribution in [2.24, 2.45) is 0 Å². The topological polar surface area (TPSA) is 41.1 Å². The molecule has 0 saturated carbocycles. The quantitative estimate of drug-likeness (QED) is 0.875. The van der Waals surface area contributed by atoms with Gasteiger partial charge in [0.2, 0.25) is 0 Å².